The van der Waals surface area contributed by atoms with E-state index in [0.29, 0.717) is 0 Å². The fraction of sp³-hybridized carbons (Fsp3) is 0.364. The lowest BCUT2D eigenvalue weighted by atomic mass is 10.2. The van der Waals surface area contributed by atoms with E-state index in [1.807, 2.05) is 12.1 Å². The zero-order valence-electron chi connectivity index (χ0n) is 8.59. The van der Waals surface area contributed by atoms with E-state index in [0.717, 1.165) is 40.6 Å². The molecule has 0 saturated carbocycles. The summed E-state index contributed by atoms with van der Waals surface area (Å²) in [6.45, 7) is 2.90. The number of hydrogen-bond acceptors (Lipinski definition) is 2. The van der Waals surface area contributed by atoms with Gasteiger partial charge in [0.15, 0.2) is 0 Å². The number of H-pyrrole nitrogens is 1. The number of aromatic amines is 1. The molecule has 0 saturated heterocycles. The highest BCUT2D eigenvalue weighted by molar-refractivity contribution is 9.10. The Hall–Kier alpha value is -1.03. The number of fused-ring (bicyclic) bond motifs is 1. The van der Waals surface area contributed by atoms with Gasteiger partial charge in [-0.3, -0.25) is 5.10 Å². The largest absolute Gasteiger partial charge is 0.492 e. The molecule has 0 spiro atoms. The standard InChI is InChI=1S/C11H13BrN2O/c1-2-3-6-15-11-8-7-13-14-10(8)5-4-9(11)12/h4-5,7H,2-3,6H2,1H3,(H,13,14). The minimum atomic E-state index is 0.749. The van der Waals surface area contributed by atoms with Gasteiger partial charge in [0.05, 0.1) is 28.2 Å². The summed E-state index contributed by atoms with van der Waals surface area (Å²) in [6, 6.07) is 3.96. The molecule has 0 aliphatic carbocycles. The molecule has 0 atom stereocenters. The Morgan fingerprint density at radius 2 is 2.33 bits per heavy atom. The van der Waals surface area contributed by atoms with Gasteiger partial charge < -0.3 is 4.74 Å². The summed E-state index contributed by atoms with van der Waals surface area (Å²) in [7, 11) is 0. The number of halogens is 1. The number of aromatic nitrogens is 2. The summed E-state index contributed by atoms with van der Waals surface area (Å²) in [5, 5.41) is 7.96. The van der Waals surface area contributed by atoms with Gasteiger partial charge in [-0.25, -0.2) is 0 Å². The van der Waals surface area contributed by atoms with E-state index in [4.69, 9.17) is 4.74 Å². The van der Waals surface area contributed by atoms with Crippen molar-refractivity contribution in [3.8, 4) is 5.75 Å². The third kappa shape index (κ3) is 2.15. The Balaban J connectivity index is 2.30. The first kappa shape index (κ1) is 10.5. The Kier molecular flexibility index (Phi) is 3.26. The third-order valence-electron chi connectivity index (χ3n) is 2.27. The van der Waals surface area contributed by atoms with E-state index in [9.17, 15) is 0 Å². The van der Waals surface area contributed by atoms with Crippen molar-refractivity contribution in [1.82, 2.24) is 10.2 Å². The molecule has 1 aromatic carbocycles. The molecule has 0 aliphatic heterocycles. The maximum Gasteiger partial charge on any atom is 0.144 e. The molecule has 0 bridgehead atoms. The Morgan fingerprint density at radius 3 is 3.13 bits per heavy atom. The van der Waals surface area contributed by atoms with Gasteiger partial charge in [0, 0.05) is 0 Å². The van der Waals surface area contributed by atoms with Gasteiger partial charge in [-0.05, 0) is 34.5 Å². The summed E-state index contributed by atoms with van der Waals surface area (Å²) >= 11 is 3.49. The second kappa shape index (κ2) is 4.66. The van der Waals surface area contributed by atoms with Crippen molar-refractivity contribution in [3.05, 3.63) is 22.8 Å². The first-order valence-corrected chi connectivity index (χ1v) is 5.86. The molecule has 0 fully saturated rings. The smallest absolute Gasteiger partial charge is 0.144 e. The summed E-state index contributed by atoms with van der Waals surface area (Å²) in [5.41, 5.74) is 1.00. The average molecular weight is 269 g/mol. The van der Waals surface area contributed by atoms with Crippen molar-refractivity contribution in [3.63, 3.8) is 0 Å². The second-order valence-electron chi connectivity index (χ2n) is 3.41. The van der Waals surface area contributed by atoms with Crippen LogP contribution in [0.4, 0.5) is 0 Å². The lowest BCUT2D eigenvalue weighted by Crippen LogP contribution is -1.97. The first-order valence-electron chi connectivity index (χ1n) is 5.07. The fourth-order valence-electron chi connectivity index (χ4n) is 1.43. The van der Waals surface area contributed by atoms with Gasteiger partial charge >= 0.3 is 0 Å². The molecular weight excluding hydrogens is 256 g/mol. The zero-order valence-corrected chi connectivity index (χ0v) is 10.2. The number of ether oxygens (including phenoxy) is 1. The molecular formula is C11H13BrN2O. The van der Waals surface area contributed by atoms with Crippen LogP contribution >= 0.6 is 15.9 Å². The van der Waals surface area contributed by atoms with Crippen LogP contribution in [0.15, 0.2) is 22.8 Å². The third-order valence-corrected chi connectivity index (χ3v) is 2.90. The van der Waals surface area contributed by atoms with Crippen molar-refractivity contribution < 1.29 is 4.74 Å². The zero-order chi connectivity index (χ0) is 10.7. The van der Waals surface area contributed by atoms with Crippen LogP contribution in [0.5, 0.6) is 5.75 Å². The van der Waals surface area contributed by atoms with Gasteiger partial charge in [0.1, 0.15) is 5.75 Å². The van der Waals surface area contributed by atoms with E-state index in [-0.39, 0.29) is 0 Å². The van der Waals surface area contributed by atoms with Gasteiger partial charge in [-0.1, -0.05) is 13.3 Å². The molecule has 15 heavy (non-hydrogen) atoms. The highest BCUT2D eigenvalue weighted by Gasteiger charge is 2.08. The summed E-state index contributed by atoms with van der Waals surface area (Å²) in [6.07, 6.45) is 4.00. The van der Waals surface area contributed by atoms with E-state index < -0.39 is 0 Å². The number of hydrogen-bond donors (Lipinski definition) is 1. The summed E-state index contributed by atoms with van der Waals surface area (Å²) in [5.74, 6) is 0.884. The molecule has 3 nitrogen and oxygen atoms in total. The molecule has 1 aromatic heterocycles. The van der Waals surface area contributed by atoms with E-state index in [2.05, 4.69) is 33.1 Å². The van der Waals surface area contributed by atoms with Crippen LogP contribution in [0.25, 0.3) is 10.9 Å². The number of nitrogens with zero attached hydrogens (tertiary/aromatic N) is 1. The first-order chi connectivity index (χ1) is 7.33. The molecule has 80 valence electrons. The van der Waals surface area contributed by atoms with E-state index in [1.54, 1.807) is 6.20 Å². The number of rotatable bonds is 4. The van der Waals surface area contributed by atoms with Gasteiger partial charge in [-0.15, -0.1) is 0 Å². The Labute approximate surface area is 97.0 Å². The lowest BCUT2D eigenvalue weighted by Gasteiger charge is -2.08. The lowest BCUT2D eigenvalue weighted by molar-refractivity contribution is 0.311. The van der Waals surface area contributed by atoms with E-state index >= 15 is 0 Å². The number of nitrogens with one attached hydrogen (secondary N) is 1. The van der Waals surface area contributed by atoms with Crippen molar-refractivity contribution in [2.75, 3.05) is 6.61 Å². The molecule has 0 unspecified atom stereocenters. The predicted octanol–water partition coefficient (Wildman–Crippen LogP) is 3.50. The number of unbranched alkanes of at least 4 members (excludes halogenated alkanes) is 1. The monoisotopic (exact) mass is 268 g/mol. The highest BCUT2D eigenvalue weighted by atomic mass is 79.9. The van der Waals surface area contributed by atoms with Gasteiger partial charge in [0.2, 0.25) is 0 Å². The van der Waals surface area contributed by atoms with Crippen molar-refractivity contribution in [2.45, 2.75) is 19.8 Å². The number of benzene rings is 1. The van der Waals surface area contributed by atoms with Gasteiger partial charge in [0.25, 0.3) is 0 Å². The predicted molar refractivity (Wildman–Crippen MR) is 64.2 cm³/mol. The second-order valence-corrected chi connectivity index (χ2v) is 4.26. The minimum absolute atomic E-state index is 0.749. The van der Waals surface area contributed by atoms with Crippen LogP contribution in [0.3, 0.4) is 0 Å². The molecule has 2 aromatic rings. The van der Waals surface area contributed by atoms with Crippen LogP contribution < -0.4 is 4.74 Å². The summed E-state index contributed by atoms with van der Waals surface area (Å²) < 4.78 is 6.72. The molecule has 4 heteroatoms. The molecule has 0 aliphatic rings. The minimum Gasteiger partial charge on any atom is -0.492 e. The SMILES string of the molecule is CCCCOc1c(Br)ccc2[nH]ncc12. The fourth-order valence-corrected chi connectivity index (χ4v) is 1.89. The molecule has 1 heterocycles. The van der Waals surface area contributed by atoms with Crippen LogP contribution in [0.1, 0.15) is 19.8 Å². The average Bonchev–Trinajstić information content (AvgIpc) is 2.69. The molecule has 0 amide bonds. The highest BCUT2D eigenvalue weighted by Crippen LogP contribution is 2.32. The Morgan fingerprint density at radius 1 is 1.47 bits per heavy atom. The topological polar surface area (TPSA) is 37.9 Å². The Bertz CT molecular complexity index is 453. The normalized spacial score (nSPS) is 10.8. The maximum atomic E-state index is 5.74. The molecule has 2 rings (SSSR count). The summed E-state index contributed by atoms with van der Waals surface area (Å²) in [4.78, 5) is 0. The van der Waals surface area contributed by atoms with Gasteiger partial charge in [-0.2, -0.15) is 5.10 Å². The maximum absolute atomic E-state index is 5.74. The quantitative estimate of drug-likeness (QED) is 0.862. The van der Waals surface area contributed by atoms with E-state index in [1.165, 1.54) is 0 Å². The van der Waals surface area contributed by atoms with Crippen LogP contribution in [0, 0.1) is 0 Å². The molecule has 1 N–H and O–H groups in total. The van der Waals surface area contributed by atoms with Crippen LogP contribution in [0.2, 0.25) is 0 Å². The van der Waals surface area contributed by atoms with Crippen molar-refractivity contribution in [2.24, 2.45) is 0 Å². The van der Waals surface area contributed by atoms with Crippen molar-refractivity contribution in [1.29, 1.82) is 0 Å². The van der Waals surface area contributed by atoms with Crippen LogP contribution in [-0.2, 0) is 0 Å². The van der Waals surface area contributed by atoms with Crippen LogP contribution in [-0.4, -0.2) is 16.8 Å². The van der Waals surface area contributed by atoms with Crippen molar-refractivity contribution >= 4 is 26.8 Å². The molecule has 0 radical (unpaired) electrons.